The van der Waals surface area contributed by atoms with E-state index in [4.69, 9.17) is 4.74 Å². The molecule has 0 atom stereocenters. The van der Waals surface area contributed by atoms with Gasteiger partial charge in [-0.15, -0.1) is 0 Å². The Hall–Kier alpha value is -0.250. The lowest BCUT2D eigenvalue weighted by molar-refractivity contribution is 0.403. The van der Waals surface area contributed by atoms with Crippen molar-refractivity contribution >= 4 is 22.6 Å². The predicted molar refractivity (Wildman–Crippen MR) is 64.3 cm³/mol. The second-order valence-electron chi connectivity index (χ2n) is 3.53. The third-order valence-electron chi connectivity index (χ3n) is 1.88. The molecule has 0 aliphatic carbocycles. The largest absolute Gasteiger partial charge is 0.495 e. The van der Waals surface area contributed by atoms with Gasteiger partial charge in [0.05, 0.1) is 10.7 Å². The lowest BCUT2D eigenvalue weighted by Crippen LogP contribution is -1.99. The van der Waals surface area contributed by atoms with Crippen molar-refractivity contribution in [3.05, 3.63) is 27.3 Å². The number of methoxy groups -OCH3 is 1. The molecule has 13 heavy (non-hydrogen) atoms. The summed E-state index contributed by atoms with van der Waals surface area (Å²) in [5.74, 6) is 1.71. The van der Waals surface area contributed by atoms with Gasteiger partial charge in [-0.3, -0.25) is 0 Å². The number of ether oxygens (including phenoxy) is 1. The summed E-state index contributed by atoms with van der Waals surface area (Å²) in [6.45, 7) is 4.44. The molecule has 0 N–H and O–H groups in total. The van der Waals surface area contributed by atoms with E-state index in [1.54, 1.807) is 7.11 Å². The summed E-state index contributed by atoms with van der Waals surface area (Å²) in [6.07, 6.45) is 1.08. The molecular formula is C11H15IO. The van der Waals surface area contributed by atoms with Gasteiger partial charge in [-0.25, -0.2) is 0 Å². The van der Waals surface area contributed by atoms with Crippen molar-refractivity contribution in [1.82, 2.24) is 0 Å². The second kappa shape index (κ2) is 4.84. The molecule has 0 saturated carbocycles. The molecule has 0 radical (unpaired) electrons. The van der Waals surface area contributed by atoms with Crippen LogP contribution in [-0.4, -0.2) is 7.11 Å². The minimum atomic E-state index is 0.673. The van der Waals surface area contributed by atoms with Crippen molar-refractivity contribution < 1.29 is 4.74 Å². The molecule has 2 heteroatoms. The maximum Gasteiger partial charge on any atom is 0.135 e. The molecule has 1 aromatic carbocycles. The molecule has 0 fully saturated rings. The summed E-state index contributed by atoms with van der Waals surface area (Å²) in [4.78, 5) is 0. The smallest absolute Gasteiger partial charge is 0.135 e. The molecule has 1 aromatic rings. The number of benzene rings is 1. The van der Waals surface area contributed by atoms with Crippen molar-refractivity contribution in [2.75, 3.05) is 7.11 Å². The van der Waals surface area contributed by atoms with E-state index in [-0.39, 0.29) is 0 Å². The van der Waals surface area contributed by atoms with Crippen LogP contribution in [0.5, 0.6) is 5.75 Å². The molecule has 0 spiro atoms. The fourth-order valence-corrected chi connectivity index (χ4v) is 2.16. The maximum atomic E-state index is 5.37. The molecular weight excluding hydrogens is 275 g/mol. The van der Waals surface area contributed by atoms with E-state index in [2.05, 4.69) is 54.6 Å². The Labute approximate surface area is 93.6 Å². The highest BCUT2D eigenvalue weighted by molar-refractivity contribution is 14.1. The van der Waals surface area contributed by atoms with Crippen LogP contribution in [0.25, 0.3) is 0 Å². The van der Waals surface area contributed by atoms with Crippen LogP contribution >= 0.6 is 22.6 Å². The van der Waals surface area contributed by atoms with Gasteiger partial charge in [0.25, 0.3) is 0 Å². The van der Waals surface area contributed by atoms with Gasteiger partial charge in [0.15, 0.2) is 0 Å². The second-order valence-corrected chi connectivity index (χ2v) is 4.69. The average molecular weight is 290 g/mol. The van der Waals surface area contributed by atoms with Crippen LogP contribution < -0.4 is 4.74 Å². The van der Waals surface area contributed by atoms with Gasteiger partial charge in [-0.05, 0) is 46.6 Å². The molecule has 1 nitrogen and oxygen atoms in total. The van der Waals surface area contributed by atoms with Crippen molar-refractivity contribution in [1.29, 1.82) is 0 Å². The average Bonchev–Trinajstić information content (AvgIpc) is 2.03. The summed E-state index contributed by atoms with van der Waals surface area (Å²) in [7, 11) is 1.74. The molecule has 0 aliphatic heterocycles. The summed E-state index contributed by atoms with van der Waals surface area (Å²) in [5, 5.41) is 0. The van der Waals surface area contributed by atoms with E-state index in [9.17, 15) is 0 Å². The van der Waals surface area contributed by atoms with E-state index in [0.29, 0.717) is 5.92 Å². The normalized spacial score (nSPS) is 10.5. The lowest BCUT2D eigenvalue weighted by atomic mass is 10.0. The number of rotatable bonds is 3. The van der Waals surface area contributed by atoms with Gasteiger partial charge in [0, 0.05) is 0 Å². The Morgan fingerprint density at radius 2 is 2.08 bits per heavy atom. The quantitative estimate of drug-likeness (QED) is 0.774. The van der Waals surface area contributed by atoms with E-state index < -0.39 is 0 Å². The topological polar surface area (TPSA) is 9.23 Å². The minimum Gasteiger partial charge on any atom is -0.495 e. The Kier molecular flexibility index (Phi) is 4.03. The van der Waals surface area contributed by atoms with E-state index in [0.717, 1.165) is 12.2 Å². The fourth-order valence-electron chi connectivity index (χ4n) is 1.38. The molecule has 1 rings (SSSR count). The van der Waals surface area contributed by atoms with E-state index in [1.165, 1.54) is 9.13 Å². The van der Waals surface area contributed by atoms with Crippen molar-refractivity contribution in [2.24, 2.45) is 5.92 Å². The fraction of sp³-hybridized carbons (Fsp3) is 0.455. The number of hydrogen-bond donors (Lipinski definition) is 0. The van der Waals surface area contributed by atoms with E-state index in [1.807, 2.05) is 0 Å². The van der Waals surface area contributed by atoms with E-state index >= 15 is 0 Å². The van der Waals surface area contributed by atoms with Crippen molar-refractivity contribution in [2.45, 2.75) is 20.3 Å². The zero-order chi connectivity index (χ0) is 9.84. The van der Waals surface area contributed by atoms with Crippen molar-refractivity contribution in [3.63, 3.8) is 0 Å². The van der Waals surface area contributed by atoms with Crippen LogP contribution in [0.2, 0.25) is 0 Å². The Morgan fingerprint density at radius 3 is 2.62 bits per heavy atom. The van der Waals surface area contributed by atoms with Crippen LogP contribution in [0.4, 0.5) is 0 Å². The minimum absolute atomic E-state index is 0.673. The molecule has 0 saturated heterocycles. The summed E-state index contributed by atoms with van der Waals surface area (Å²) < 4.78 is 6.56. The van der Waals surface area contributed by atoms with Gasteiger partial charge in [0.1, 0.15) is 5.75 Å². The van der Waals surface area contributed by atoms with Crippen molar-refractivity contribution in [3.8, 4) is 5.75 Å². The number of para-hydroxylation sites is 1. The number of hydrogen-bond acceptors (Lipinski definition) is 1. The van der Waals surface area contributed by atoms with Gasteiger partial charge in [0.2, 0.25) is 0 Å². The molecule has 0 unspecified atom stereocenters. The van der Waals surface area contributed by atoms with Gasteiger partial charge in [-0.2, -0.15) is 0 Å². The first-order valence-electron chi connectivity index (χ1n) is 4.46. The molecule has 72 valence electrons. The first-order valence-corrected chi connectivity index (χ1v) is 5.54. The highest BCUT2D eigenvalue weighted by atomic mass is 127. The Balaban J connectivity index is 2.98. The zero-order valence-electron chi connectivity index (χ0n) is 8.30. The summed E-state index contributed by atoms with van der Waals surface area (Å²) in [6, 6.07) is 6.30. The first kappa shape index (κ1) is 10.8. The molecule has 0 aromatic heterocycles. The zero-order valence-corrected chi connectivity index (χ0v) is 10.5. The summed E-state index contributed by atoms with van der Waals surface area (Å²) in [5.41, 5.74) is 1.31. The Morgan fingerprint density at radius 1 is 1.38 bits per heavy atom. The SMILES string of the molecule is COc1c(I)cccc1CC(C)C. The van der Waals surface area contributed by atoms with Crippen LogP contribution in [-0.2, 0) is 6.42 Å². The predicted octanol–water partition coefficient (Wildman–Crippen LogP) is 3.50. The number of halogens is 1. The lowest BCUT2D eigenvalue weighted by Gasteiger charge is -2.11. The monoisotopic (exact) mass is 290 g/mol. The van der Waals surface area contributed by atoms with Crippen LogP contribution in [0.3, 0.4) is 0 Å². The van der Waals surface area contributed by atoms with Crippen LogP contribution in [0, 0.1) is 9.49 Å². The third-order valence-corrected chi connectivity index (χ3v) is 2.73. The summed E-state index contributed by atoms with van der Waals surface area (Å²) >= 11 is 2.31. The maximum absolute atomic E-state index is 5.37. The standard InChI is InChI=1S/C11H15IO/c1-8(2)7-9-5-4-6-10(12)11(9)13-3/h4-6,8H,7H2,1-3H3. The van der Waals surface area contributed by atoms with Gasteiger partial charge < -0.3 is 4.74 Å². The highest BCUT2D eigenvalue weighted by Gasteiger charge is 2.07. The first-order chi connectivity index (χ1) is 6.15. The molecule has 0 amide bonds. The molecule has 0 heterocycles. The Bertz CT molecular complexity index is 281. The molecule has 0 aliphatic rings. The molecule has 0 bridgehead atoms. The van der Waals surface area contributed by atoms with Crippen LogP contribution in [0.15, 0.2) is 18.2 Å². The van der Waals surface area contributed by atoms with Gasteiger partial charge >= 0.3 is 0 Å². The third kappa shape index (κ3) is 2.86. The van der Waals surface area contributed by atoms with Gasteiger partial charge in [-0.1, -0.05) is 26.0 Å². The van der Waals surface area contributed by atoms with Crippen LogP contribution in [0.1, 0.15) is 19.4 Å². The highest BCUT2D eigenvalue weighted by Crippen LogP contribution is 2.27.